The smallest absolute Gasteiger partial charge is 0.323 e. The van der Waals surface area contributed by atoms with Crippen LogP contribution in [0.15, 0.2) is 50.6 Å². The summed E-state index contributed by atoms with van der Waals surface area (Å²) in [4.78, 5) is 16.5. The fraction of sp³-hybridized carbons (Fsp3) is 0.188. The van der Waals surface area contributed by atoms with Crippen LogP contribution < -0.4 is 19.9 Å². The predicted molar refractivity (Wildman–Crippen MR) is 98.2 cm³/mol. The van der Waals surface area contributed by atoms with Crippen molar-refractivity contribution in [2.24, 2.45) is 0 Å². The van der Waals surface area contributed by atoms with E-state index in [4.69, 9.17) is 9.47 Å². The second-order valence-corrected chi connectivity index (χ2v) is 8.35. The zero-order valence-electron chi connectivity index (χ0n) is 13.3. The van der Waals surface area contributed by atoms with Crippen LogP contribution in [0.4, 0.5) is 0 Å². The Morgan fingerprint density at radius 2 is 1.85 bits per heavy atom. The van der Waals surface area contributed by atoms with Gasteiger partial charge in [-0.05, 0) is 40.2 Å². The highest BCUT2D eigenvalue weighted by molar-refractivity contribution is 9.10. The molecule has 0 aliphatic carbocycles. The number of hydrogen-bond acceptors (Lipinski definition) is 5. The van der Waals surface area contributed by atoms with Crippen molar-refractivity contribution in [1.29, 1.82) is 0 Å². The molecule has 1 aromatic heterocycles. The van der Waals surface area contributed by atoms with Crippen LogP contribution in [0.3, 0.4) is 0 Å². The third-order valence-electron chi connectivity index (χ3n) is 3.93. The number of imidazole rings is 1. The lowest BCUT2D eigenvalue weighted by Crippen LogP contribution is -2.40. The van der Waals surface area contributed by atoms with Crippen molar-refractivity contribution >= 4 is 37.0 Å². The van der Waals surface area contributed by atoms with Gasteiger partial charge in [-0.2, -0.15) is 0 Å². The van der Waals surface area contributed by atoms with E-state index in [0.29, 0.717) is 27.0 Å². The molecular weight excluding hydrogens is 426 g/mol. The maximum absolute atomic E-state index is 12.7. The molecule has 0 bridgehead atoms. The Bertz CT molecular complexity index is 1140. The van der Waals surface area contributed by atoms with E-state index in [1.165, 1.54) is 12.1 Å². The highest BCUT2D eigenvalue weighted by Crippen LogP contribution is 2.31. The van der Waals surface area contributed by atoms with Crippen molar-refractivity contribution in [3.8, 4) is 11.5 Å². The van der Waals surface area contributed by atoms with Crippen molar-refractivity contribution in [1.82, 2.24) is 14.7 Å². The molecule has 2 aromatic carbocycles. The maximum Gasteiger partial charge on any atom is 0.323 e. The lowest BCUT2D eigenvalue weighted by atomic mass is 10.2. The summed E-state index contributed by atoms with van der Waals surface area (Å²) in [7, 11) is -3.82. The van der Waals surface area contributed by atoms with E-state index < -0.39 is 21.8 Å². The number of aromatic amines is 2. The number of aromatic nitrogens is 2. The molecule has 0 spiro atoms. The molecule has 1 aliphatic heterocycles. The van der Waals surface area contributed by atoms with Crippen LogP contribution in [-0.4, -0.2) is 37.6 Å². The number of ether oxygens (including phenoxy) is 2. The molecule has 8 nitrogen and oxygen atoms in total. The molecule has 10 heteroatoms. The second-order valence-electron chi connectivity index (χ2n) is 5.76. The molecule has 136 valence electrons. The Labute approximate surface area is 156 Å². The molecule has 1 atom stereocenters. The summed E-state index contributed by atoms with van der Waals surface area (Å²) >= 11 is 3.24. The van der Waals surface area contributed by atoms with Gasteiger partial charge in [-0.3, -0.25) is 0 Å². The molecular formula is C16H14BrN3O5S. The van der Waals surface area contributed by atoms with E-state index in [1.54, 1.807) is 12.1 Å². The highest BCUT2D eigenvalue weighted by Gasteiger charge is 2.25. The Hall–Kier alpha value is -2.30. The zero-order valence-corrected chi connectivity index (χ0v) is 15.7. The Kier molecular flexibility index (Phi) is 4.25. The number of halogens is 1. The number of rotatable bonds is 4. The fourth-order valence-corrected chi connectivity index (χ4v) is 4.82. The molecule has 0 fully saturated rings. The van der Waals surface area contributed by atoms with Gasteiger partial charge in [0.1, 0.15) is 12.7 Å². The van der Waals surface area contributed by atoms with Crippen LogP contribution in [0, 0.1) is 0 Å². The first-order chi connectivity index (χ1) is 12.4. The maximum atomic E-state index is 12.7. The normalized spacial score (nSPS) is 16.7. The first kappa shape index (κ1) is 17.1. The SMILES string of the molecule is O=c1[nH]c2cc(Br)c(S(=O)(=O)NCC3COc4ccccc4O3)cc2[nH]1. The van der Waals surface area contributed by atoms with E-state index >= 15 is 0 Å². The monoisotopic (exact) mass is 439 g/mol. The molecule has 3 aromatic rings. The zero-order chi connectivity index (χ0) is 18.3. The van der Waals surface area contributed by atoms with Crippen molar-refractivity contribution in [3.05, 3.63) is 51.4 Å². The van der Waals surface area contributed by atoms with Gasteiger partial charge in [0.15, 0.2) is 11.5 Å². The molecule has 0 amide bonds. The summed E-state index contributed by atoms with van der Waals surface area (Å²) < 4.78 is 39.5. The average Bonchev–Trinajstić information content (AvgIpc) is 2.98. The van der Waals surface area contributed by atoms with Gasteiger partial charge in [0.05, 0.1) is 22.5 Å². The number of benzene rings is 2. The summed E-state index contributed by atoms with van der Waals surface area (Å²) in [5, 5.41) is 0. The third-order valence-corrected chi connectivity index (χ3v) is 6.31. The molecule has 1 unspecified atom stereocenters. The minimum atomic E-state index is -3.82. The summed E-state index contributed by atoms with van der Waals surface area (Å²) in [6, 6.07) is 10.1. The van der Waals surface area contributed by atoms with Crippen molar-refractivity contribution in [2.75, 3.05) is 13.2 Å². The summed E-state index contributed by atoms with van der Waals surface area (Å²) in [6.45, 7) is 0.287. The molecule has 2 heterocycles. The number of para-hydroxylation sites is 2. The molecule has 1 aliphatic rings. The lowest BCUT2D eigenvalue weighted by Gasteiger charge is -2.26. The average molecular weight is 440 g/mol. The van der Waals surface area contributed by atoms with Crippen LogP contribution in [0.5, 0.6) is 11.5 Å². The Morgan fingerprint density at radius 3 is 2.62 bits per heavy atom. The third kappa shape index (κ3) is 3.22. The topological polar surface area (TPSA) is 113 Å². The second kappa shape index (κ2) is 6.45. The first-order valence-corrected chi connectivity index (χ1v) is 10.00. The Balaban J connectivity index is 1.53. The molecule has 0 saturated heterocycles. The molecule has 0 radical (unpaired) electrons. The van der Waals surface area contributed by atoms with E-state index in [1.807, 2.05) is 12.1 Å². The van der Waals surface area contributed by atoms with Crippen molar-refractivity contribution in [2.45, 2.75) is 11.0 Å². The van der Waals surface area contributed by atoms with Gasteiger partial charge < -0.3 is 19.4 Å². The van der Waals surface area contributed by atoms with Gasteiger partial charge in [0.2, 0.25) is 10.0 Å². The summed E-state index contributed by atoms with van der Waals surface area (Å²) in [5.74, 6) is 1.21. The number of fused-ring (bicyclic) bond motifs is 2. The first-order valence-electron chi connectivity index (χ1n) is 7.72. The fourth-order valence-electron chi connectivity index (χ4n) is 2.69. The van der Waals surface area contributed by atoms with Gasteiger partial charge in [-0.15, -0.1) is 0 Å². The van der Waals surface area contributed by atoms with Crippen LogP contribution in [-0.2, 0) is 10.0 Å². The molecule has 4 rings (SSSR count). The highest BCUT2D eigenvalue weighted by atomic mass is 79.9. The van der Waals surface area contributed by atoms with Gasteiger partial charge in [0, 0.05) is 4.47 Å². The van der Waals surface area contributed by atoms with E-state index in [0.717, 1.165) is 0 Å². The van der Waals surface area contributed by atoms with Crippen LogP contribution in [0.2, 0.25) is 0 Å². The number of H-pyrrole nitrogens is 2. The molecule has 26 heavy (non-hydrogen) atoms. The van der Waals surface area contributed by atoms with Gasteiger partial charge in [-0.1, -0.05) is 12.1 Å². The largest absolute Gasteiger partial charge is 0.486 e. The lowest BCUT2D eigenvalue weighted by molar-refractivity contribution is 0.0943. The number of nitrogens with one attached hydrogen (secondary N) is 3. The van der Waals surface area contributed by atoms with Crippen LogP contribution in [0.25, 0.3) is 11.0 Å². The van der Waals surface area contributed by atoms with Crippen LogP contribution in [0.1, 0.15) is 0 Å². The summed E-state index contributed by atoms with van der Waals surface area (Å²) in [6.07, 6.45) is -0.450. The molecule has 0 saturated carbocycles. The van der Waals surface area contributed by atoms with Crippen molar-refractivity contribution in [3.63, 3.8) is 0 Å². The van der Waals surface area contributed by atoms with E-state index in [-0.39, 0.29) is 18.0 Å². The predicted octanol–water partition coefficient (Wildman–Crippen LogP) is 1.74. The molecule has 3 N–H and O–H groups in total. The standard InChI is InChI=1S/C16H14BrN3O5S/c17-10-5-11-12(20-16(21)19-11)6-15(10)26(22,23)18-7-9-8-24-13-3-1-2-4-14(13)25-9/h1-6,9,18H,7-8H2,(H2,19,20,21). The minimum Gasteiger partial charge on any atom is -0.486 e. The number of hydrogen-bond donors (Lipinski definition) is 3. The minimum absolute atomic E-state index is 0.0253. The Morgan fingerprint density at radius 1 is 1.15 bits per heavy atom. The van der Waals surface area contributed by atoms with Gasteiger partial charge >= 0.3 is 5.69 Å². The van der Waals surface area contributed by atoms with E-state index in [2.05, 4.69) is 30.6 Å². The van der Waals surface area contributed by atoms with E-state index in [9.17, 15) is 13.2 Å². The van der Waals surface area contributed by atoms with Crippen molar-refractivity contribution < 1.29 is 17.9 Å². The summed E-state index contributed by atoms with van der Waals surface area (Å²) in [5.41, 5.74) is 0.520. The van der Waals surface area contributed by atoms with Crippen LogP contribution >= 0.6 is 15.9 Å². The van der Waals surface area contributed by atoms with Gasteiger partial charge in [-0.25, -0.2) is 17.9 Å². The quantitative estimate of drug-likeness (QED) is 0.572. The van der Waals surface area contributed by atoms with Gasteiger partial charge in [0.25, 0.3) is 0 Å². The number of sulfonamides is 1.